The van der Waals surface area contributed by atoms with Crippen LogP contribution in [0.1, 0.15) is 0 Å². The Morgan fingerprint density at radius 3 is 3.33 bits per heavy atom. The number of aliphatic hydroxyl groups excluding tert-OH is 1. The van der Waals surface area contributed by atoms with E-state index in [4.69, 9.17) is 10.8 Å². The summed E-state index contributed by atoms with van der Waals surface area (Å²) in [5.41, 5.74) is 5.66. The number of aliphatic imine (C=N–C) groups is 1. The van der Waals surface area contributed by atoms with Crippen molar-refractivity contribution in [1.29, 1.82) is 0 Å². The largest absolute Gasteiger partial charge is 0.394 e. The highest BCUT2D eigenvalue weighted by molar-refractivity contribution is 8.17. The summed E-state index contributed by atoms with van der Waals surface area (Å²) in [4.78, 5) is 7.37. The van der Waals surface area contributed by atoms with Crippen molar-refractivity contribution in [3.63, 3.8) is 0 Å². The van der Waals surface area contributed by atoms with Gasteiger partial charge < -0.3 is 15.7 Å². The van der Waals surface area contributed by atoms with Crippen molar-refractivity contribution in [3.8, 4) is 0 Å². The number of fused-ring (bicyclic) bond motifs is 1. The molecule has 3 N–H and O–H groups in total. The molecule has 2 rings (SSSR count). The lowest BCUT2D eigenvalue weighted by molar-refractivity contribution is 0.282. The van der Waals surface area contributed by atoms with Crippen molar-refractivity contribution in [3.05, 3.63) is 11.1 Å². The van der Waals surface area contributed by atoms with Crippen molar-refractivity contribution >= 4 is 16.9 Å². The van der Waals surface area contributed by atoms with Gasteiger partial charge in [0.1, 0.15) is 0 Å². The zero-order chi connectivity index (χ0) is 8.55. The number of thioether (sulfide) groups is 1. The quantitative estimate of drug-likeness (QED) is 0.612. The molecule has 0 aromatic carbocycles. The Bertz CT molecular complexity index is 251. The van der Waals surface area contributed by atoms with Gasteiger partial charge in [0.2, 0.25) is 0 Å². The van der Waals surface area contributed by atoms with Gasteiger partial charge in [-0.3, -0.25) is 4.99 Å². The zero-order valence-electron chi connectivity index (χ0n) is 6.60. The number of hydrogen-bond acceptors (Lipinski definition) is 5. The number of nitrogens with zero attached hydrogens (tertiary/aromatic N) is 2. The van der Waals surface area contributed by atoms with E-state index >= 15 is 0 Å². The fraction of sp³-hybridized carbons (Fsp3) is 0.571. The van der Waals surface area contributed by atoms with E-state index in [0.717, 1.165) is 23.2 Å². The molecule has 1 unspecified atom stereocenters. The maximum Gasteiger partial charge on any atom is 0.168 e. The first-order valence-electron chi connectivity index (χ1n) is 3.88. The molecule has 5 heteroatoms. The minimum Gasteiger partial charge on any atom is -0.394 e. The molecule has 0 bridgehead atoms. The van der Waals surface area contributed by atoms with Crippen molar-refractivity contribution in [2.24, 2.45) is 10.7 Å². The molecule has 2 aliphatic rings. The molecule has 2 aliphatic heterocycles. The highest BCUT2D eigenvalue weighted by Crippen LogP contribution is 2.31. The van der Waals surface area contributed by atoms with E-state index in [1.54, 1.807) is 11.8 Å². The average Bonchev–Trinajstić information content (AvgIpc) is 2.60. The van der Waals surface area contributed by atoms with Crippen LogP contribution in [0, 0.1) is 0 Å². The summed E-state index contributed by atoms with van der Waals surface area (Å²) < 4.78 is 0. The van der Waals surface area contributed by atoms with Gasteiger partial charge in [-0.25, -0.2) is 0 Å². The van der Waals surface area contributed by atoms with Crippen molar-refractivity contribution in [2.45, 2.75) is 6.04 Å². The highest BCUT2D eigenvalue weighted by atomic mass is 32.2. The van der Waals surface area contributed by atoms with E-state index in [9.17, 15) is 0 Å². The highest BCUT2D eigenvalue weighted by Gasteiger charge is 2.26. The van der Waals surface area contributed by atoms with Gasteiger partial charge in [-0.2, -0.15) is 0 Å². The molecule has 0 aromatic heterocycles. The summed E-state index contributed by atoms with van der Waals surface area (Å²) in [6.07, 6.45) is 1.98. The number of nitrogens with two attached hydrogens (primary N) is 1. The summed E-state index contributed by atoms with van der Waals surface area (Å²) in [5, 5.41) is 9.84. The second-order valence-electron chi connectivity index (χ2n) is 2.78. The minimum atomic E-state index is -0.247. The van der Waals surface area contributed by atoms with Gasteiger partial charge in [0.05, 0.1) is 19.2 Å². The monoisotopic (exact) mass is 185 g/mol. The first kappa shape index (κ1) is 8.10. The van der Waals surface area contributed by atoms with Crippen LogP contribution in [0.15, 0.2) is 16.1 Å². The second-order valence-corrected chi connectivity index (χ2v) is 3.82. The Hall–Kier alpha value is -0.520. The van der Waals surface area contributed by atoms with Gasteiger partial charge in [-0.05, 0) is 0 Å². The van der Waals surface area contributed by atoms with Crippen LogP contribution >= 0.6 is 11.8 Å². The molecule has 0 aromatic rings. The number of hydrogen-bond donors (Lipinski definition) is 2. The van der Waals surface area contributed by atoms with Gasteiger partial charge in [0.15, 0.2) is 5.17 Å². The maximum atomic E-state index is 8.82. The van der Waals surface area contributed by atoms with E-state index in [2.05, 4.69) is 9.89 Å². The zero-order valence-corrected chi connectivity index (χ0v) is 7.42. The van der Waals surface area contributed by atoms with E-state index in [1.807, 2.05) is 6.20 Å². The van der Waals surface area contributed by atoms with Crippen LogP contribution in [0.5, 0.6) is 0 Å². The van der Waals surface area contributed by atoms with Crippen LogP contribution in [0.25, 0.3) is 0 Å². The van der Waals surface area contributed by atoms with Crippen molar-refractivity contribution in [1.82, 2.24) is 4.90 Å². The van der Waals surface area contributed by atoms with Gasteiger partial charge in [0, 0.05) is 17.6 Å². The lowest BCUT2D eigenvalue weighted by Gasteiger charge is -2.05. The van der Waals surface area contributed by atoms with Gasteiger partial charge in [0.25, 0.3) is 0 Å². The van der Waals surface area contributed by atoms with Crippen LogP contribution in [-0.4, -0.2) is 40.9 Å². The van der Waals surface area contributed by atoms with Gasteiger partial charge in [-0.15, -0.1) is 0 Å². The van der Waals surface area contributed by atoms with Crippen LogP contribution in [0.2, 0.25) is 0 Å². The molecule has 0 fully saturated rings. The third kappa shape index (κ3) is 1.24. The molecule has 12 heavy (non-hydrogen) atoms. The van der Waals surface area contributed by atoms with Crippen LogP contribution in [0.3, 0.4) is 0 Å². The Morgan fingerprint density at radius 2 is 2.67 bits per heavy atom. The molecule has 0 radical (unpaired) electrons. The Morgan fingerprint density at radius 1 is 1.83 bits per heavy atom. The molecule has 0 amide bonds. The third-order valence-electron chi connectivity index (χ3n) is 1.89. The molecule has 0 spiro atoms. The molecule has 2 heterocycles. The topological polar surface area (TPSA) is 61.9 Å². The molecule has 1 atom stereocenters. The number of aliphatic hydroxyl groups is 1. The normalized spacial score (nSPS) is 23.7. The summed E-state index contributed by atoms with van der Waals surface area (Å²) >= 11 is 1.57. The fourth-order valence-electron chi connectivity index (χ4n) is 1.20. The summed E-state index contributed by atoms with van der Waals surface area (Å²) in [5.74, 6) is 0. The van der Waals surface area contributed by atoms with E-state index in [-0.39, 0.29) is 12.6 Å². The molecule has 66 valence electrons. The second kappa shape index (κ2) is 3.08. The Balaban J connectivity index is 2.08. The number of rotatable bonds is 2. The standard InChI is InChI=1S/C7H11N3OS/c8-5(4-11)6-3-10-2-1-9-7(10)12-6/h3,5,11H,1-2,4,8H2. The van der Waals surface area contributed by atoms with Crippen molar-refractivity contribution < 1.29 is 5.11 Å². The number of amidine groups is 1. The van der Waals surface area contributed by atoms with Gasteiger partial charge in [-0.1, -0.05) is 11.8 Å². The molecule has 0 saturated carbocycles. The van der Waals surface area contributed by atoms with Gasteiger partial charge >= 0.3 is 0 Å². The van der Waals surface area contributed by atoms with Crippen LogP contribution in [0.4, 0.5) is 0 Å². The molecule has 0 saturated heterocycles. The van der Waals surface area contributed by atoms with E-state index in [0.29, 0.717) is 0 Å². The Labute approximate surface area is 75.1 Å². The first-order chi connectivity index (χ1) is 5.81. The maximum absolute atomic E-state index is 8.82. The SMILES string of the molecule is NC(CO)C1=CN2CCN=C2S1. The summed E-state index contributed by atoms with van der Waals surface area (Å²) in [7, 11) is 0. The average molecular weight is 185 g/mol. The minimum absolute atomic E-state index is 0.0000463. The third-order valence-corrected chi connectivity index (χ3v) is 3.08. The van der Waals surface area contributed by atoms with Crippen LogP contribution < -0.4 is 5.73 Å². The molecule has 0 aliphatic carbocycles. The Kier molecular flexibility index (Phi) is 2.08. The van der Waals surface area contributed by atoms with E-state index in [1.165, 1.54) is 0 Å². The van der Waals surface area contributed by atoms with Crippen LogP contribution in [-0.2, 0) is 0 Å². The lowest BCUT2D eigenvalue weighted by atomic mass is 10.3. The first-order valence-corrected chi connectivity index (χ1v) is 4.70. The predicted octanol–water partition coefficient (Wildman–Crippen LogP) is -0.434. The smallest absolute Gasteiger partial charge is 0.168 e. The summed E-state index contributed by atoms with van der Waals surface area (Å²) in [6.45, 7) is 1.82. The molecular formula is C7H11N3OS. The molecule has 4 nitrogen and oxygen atoms in total. The molecular weight excluding hydrogens is 174 g/mol. The van der Waals surface area contributed by atoms with E-state index < -0.39 is 0 Å². The van der Waals surface area contributed by atoms with Crippen molar-refractivity contribution in [2.75, 3.05) is 19.7 Å². The predicted molar refractivity (Wildman–Crippen MR) is 49.7 cm³/mol. The summed E-state index contributed by atoms with van der Waals surface area (Å²) in [6, 6.07) is -0.247. The lowest BCUT2D eigenvalue weighted by Crippen LogP contribution is -2.25. The fourth-order valence-corrected chi connectivity index (χ4v) is 2.23.